The van der Waals surface area contributed by atoms with Gasteiger partial charge in [0.05, 0.1) is 5.69 Å². The highest BCUT2D eigenvalue weighted by Crippen LogP contribution is 2.25. The van der Waals surface area contributed by atoms with Crippen LogP contribution in [0.25, 0.3) is 11.3 Å². The van der Waals surface area contributed by atoms with E-state index in [2.05, 4.69) is 34.1 Å². The molecule has 1 aromatic carbocycles. The van der Waals surface area contributed by atoms with E-state index in [4.69, 9.17) is 0 Å². The van der Waals surface area contributed by atoms with Crippen molar-refractivity contribution in [3.63, 3.8) is 0 Å². The summed E-state index contributed by atoms with van der Waals surface area (Å²) in [5.74, 6) is -0.219. The van der Waals surface area contributed by atoms with Crippen molar-refractivity contribution in [2.24, 2.45) is 0 Å². The molecule has 23 heavy (non-hydrogen) atoms. The van der Waals surface area contributed by atoms with Crippen molar-refractivity contribution in [3.8, 4) is 11.3 Å². The van der Waals surface area contributed by atoms with Crippen molar-refractivity contribution in [2.45, 2.75) is 13.0 Å². The summed E-state index contributed by atoms with van der Waals surface area (Å²) < 4.78 is 13.0. The summed E-state index contributed by atoms with van der Waals surface area (Å²) >= 11 is 1.60. The zero-order chi connectivity index (χ0) is 16.2. The first-order valence-corrected chi connectivity index (χ1v) is 8.87. The van der Waals surface area contributed by atoms with Gasteiger partial charge in [0, 0.05) is 49.7 Å². The number of anilines is 1. The second-order valence-electron chi connectivity index (χ2n) is 6.19. The number of hydrogen-bond donors (Lipinski definition) is 1. The third kappa shape index (κ3) is 4.50. The maximum atomic E-state index is 13.0. The van der Waals surface area contributed by atoms with Gasteiger partial charge in [-0.25, -0.2) is 9.37 Å². The number of rotatable bonds is 5. The van der Waals surface area contributed by atoms with Crippen molar-refractivity contribution >= 4 is 16.5 Å². The van der Waals surface area contributed by atoms with E-state index in [9.17, 15) is 4.39 Å². The molecule has 2 heterocycles. The minimum atomic E-state index is -0.219. The maximum Gasteiger partial charge on any atom is 0.183 e. The van der Waals surface area contributed by atoms with E-state index < -0.39 is 0 Å². The van der Waals surface area contributed by atoms with Crippen LogP contribution in [0, 0.1) is 5.82 Å². The minimum Gasteiger partial charge on any atom is -0.358 e. The molecule has 0 radical (unpaired) electrons. The van der Waals surface area contributed by atoms with Crippen LogP contribution in [0.4, 0.5) is 9.52 Å². The topological polar surface area (TPSA) is 31.4 Å². The second kappa shape index (κ2) is 7.38. The molecule has 1 aliphatic heterocycles. The van der Waals surface area contributed by atoms with Gasteiger partial charge in [0.25, 0.3) is 0 Å². The number of hydrogen-bond acceptors (Lipinski definition) is 5. The average molecular weight is 334 g/mol. The Morgan fingerprint density at radius 2 is 1.91 bits per heavy atom. The summed E-state index contributed by atoms with van der Waals surface area (Å²) in [5.41, 5.74) is 1.84. The van der Waals surface area contributed by atoms with Gasteiger partial charge in [0.2, 0.25) is 0 Å². The molecule has 1 unspecified atom stereocenters. The lowest BCUT2D eigenvalue weighted by Crippen LogP contribution is -2.47. The van der Waals surface area contributed by atoms with Crippen LogP contribution in [0.1, 0.15) is 6.92 Å². The molecular weight excluding hydrogens is 311 g/mol. The molecule has 1 aromatic heterocycles. The Labute approximate surface area is 140 Å². The van der Waals surface area contributed by atoms with E-state index >= 15 is 0 Å². The summed E-state index contributed by atoms with van der Waals surface area (Å²) in [7, 11) is 2.17. The fourth-order valence-electron chi connectivity index (χ4n) is 2.77. The Balaban J connectivity index is 1.55. The van der Waals surface area contributed by atoms with Crippen LogP contribution in [0.15, 0.2) is 29.6 Å². The number of benzene rings is 1. The van der Waals surface area contributed by atoms with Gasteiger partial charge in [0.15, 0.2) is 5.13 Å². The number of nitrogens with one attached hydrogen (secondary N) is 1. The third-order valence-electron chi connectivity index (χ3n) is 4.14. The minimum absolute atomic E-state index is 0.219. The van der Waals surface area contributed by atoms with E-state index in [0.29, 0.717) is 6.04 Å². The SMILES string of the molecule is CC(CN1CCN(C)CC1)Nc1nc(-c2ccc(F)cc2)cs1. The molecule has 4 nitrogen and oxygen atoms in total. The molecule has 1 N–H and O–H groups in total. The van der Waals surface area contributed by atoms with Gasteiger partial charge in [-0.05, 0) is 38.2 Å². The lowest BCUT2D eigenvalue weighted by Gasteiger charge is -2.34. The molecule has 124 valence electrons. The van der Waals surface area contributed by atoms with Crippen LogP contribution in [0.3, 0.4) is 0 Å². The molecule has 3 rings (SSSR count). The fraction of sp³-hybridized carbons (Fsp3) is 0.471. The molecule has 1 aliphatic rings. The summed E-state index contributed by atoms with van der Waals surface area (Å²) in [4.78, 5) is 9.47. The molecule has 1 atom stereocenters. The zero-order valence-corrected chi connectivity index (χ0v) is 14.4. The summed E-state index contributed by atoms with van der Waals surface area (Å²) in [6.07, 6.45) is 0. The second-order valence-corrected chi connectivity index (χ2v) is 7.05. The molecule has 0 aliphatic carbocycles. The van der Waals surface area contributed by atoms with Crippen molar-refractivity contribution < 1.29 is 4.39 Å². The first-order chi connectivity index (χ1) is 11.1. The van der Waals surface area contributed by atoms with E-state index in [0.717, 1.165) is 49.1 Å². The van der Waals surface area contributed by atoms with Crippen LogP contribution in [-0.4, -0.2) is 60.6 Å². The molecule has 2 aromatic rings. The highest BCUT2D eigenvalue weighted by atomic mass is 32.1. The summed E-state index contributed by atoms with van der Waals surface area (Å²) in [6, 6.07) is 6.82. The molecular formula is C17H23FN4S. The number of aromatic nitrogens is 1. The molecule has 0 saturated carbocycles. The van der Waals surface area contributed by atoms with Gasteiger partial charge < -0.3 is 10.2 Å². The first-order valence-electron chi connectivity index (χ1n) is 7.99. The lowest BCUT2D eigenvalue weighted by atomic mass is 10.2. The monoisotopic (exact) mass is 334 g/mol. The zero-order valence-electron chi connectivity index (χ0n) is 13.6. The van der Waals surface area contributed by atoms with Gasteiger partial charge in [-0.2, -0.15) is 0 Å². The molecule has 1 fully saturated rings. The third-order valence-corrected chi connectivity index (χ3v) is 4.92. The highest BCUT2D eigenvalue weighted by Gasteiger charge is 2.16. The van der Waals surface area contributed by atoms with Crippen LogP contribution >= 0.6 is 11.3 Å². The predicted molar refractivity (Wildman–Crippen MR) is 94.5 cm³/mol. The number of piperazine rings is 1. The van der Waals surface area contributed by atoms with E-state index in [1.807, 2.05) is 5.38 Å². The van der Waals surface area contributed by atoms with Crippen molar-refractivity contribution in [1.82, 2.24) is 14.8 Å². The largest absolute Gasteiger partial charge is 0.358 e. The molecule has 6 heteroatoms. The van der Waals surface area contributed by atoms with Gasteiger partial charge in [-0.1, -0.05) is 0 Å². The lowest BCUT2D eigenvalue weighted by molar-refractivity contribution is 0.151. The van der Waals surface area contributed by atoms with Gasteiger partial charge in [-0.15, -0.1) is 11.3 Å². The van der Waals surface area contributed by atoms with E-state index in [-0.39, 0.29) is 5.82 Å². The first kappa shape index (κ1) is 16.4. The standard InChI is InChI=1S/C17H23FN4S/c1-13(11-22-9-7-21(2)8-10-22)19-17-20-16(12-23-17)14-3-5-15(18)6-4-14/h3-6,12-13H,7-11H2,1-2H3,(H,19,20). The van der Waals surface area contributed by atoms with Crippen molar-refractivity contribution in [3.05, 3.63) is 35.5 Å². The van der Waals surface area contributed by atoms with Crippen LogP contribution in [-0.2, 0) is 0 Å². The van der Waals surface area contributed by atoms with Crippen molar-refractivity contribution in [1.29, 1.82) is 0 Å². The Morgan fingerprint density at radius 1 is 1.22 bits per heavy atom. The Hall–Kier alpha value is -1.50. The Morgan fingerprint density at radius 3 is 2.61 bits per heavy atom. The highest BCUT2D eigenvalue weighted by molar-refractivity contribution is 7.14. The number of likely N-dealkylation sites (N-methyl/N-ethyl adjacent to an activating group) is 1. The number of halogens is 1. The smallest absolute Gasteiger partial charge is 0.183 e. The summed E-state index contributed by atoms with van der Waals surface area (Å²) in [6.45, 7) is 7.75. The number of nitrogens with zero attached hydrogens (tertiary/aromatic N) is 3. The van der Waals surface area contributed by atoms with E-state index in [1.54, 1.807) is 23.5 Å². The van der Waals surface area contributed by atoms with Crippen molar-refractivity contribution in [2.75, 3.05) is 45.1 Å². The maximum absolute atomic E-state index is 13.0. The quantitative estimate of drug-likeness (QED) is 0.911. The normalized spacial score (nSPS) is 18.0. The van der Waals surface area contributed by atoms with Crippen LogP contribution in [0.5, 0.6) is 0 Å². The van der Waals surface area contributed by atoms with Gasteiger partial charge in [-0.3, -0.25) is 4.90 Å². The van der Waals surface area contributed by atoms with Crippen LogP contribution in [0.2, 0.25) is 0 Å². The predicted octanol–water partition coefficient (Wildman–Crippen LogP) is 3.00. The van der Waals surface area contributed by atoms with Gasteiger partial charge >= 0.3 is 0 Å². The van der Waals surface area contributed by atoms with E-state index in [1.165, 1.54) is 12.1 Å². The number of thiazole rings is 1. The molecule has 0 bridgehead atoms. The molecule has 1 saturated heterocycles. The van der Waals surface area contributed by atoms with Gasteiger partial charge in [0.1, 0.15) is 5.82 Å². The summed E-state index contributed by atoms with van der Waals surface area (Å²) in [5, 5.41) is 6.41. The Bertz CT molecular complexity index is 620. The Kier molecular flexibility index (Phi) is 5.25. The fourth-order valence-corrected chi connectivity index (χ4v) is 3.60. The molecule has 0 amide bonds. The average Bonchev–Trinajstić information content (AvgIpc) is 2.98. The van der Waals surface area contributed by atoms with Crippen LogP contribution < -0.4 is 5.32 Å². The molecule has 0 spiro atoms.